The molecule has 0 heterocycles. The van der Waals surface area contributed by atoms with E-state index in [1.54, 1.807) is 0 Å². The average Bonchev–Trinajstić information content (AvgIpc) is 3.18. The number of carbonyl (C=O) groups excluding carboxylic acids is 2. The molecule has 35 heavy (non-hydrogen) atoms. The molecule has 0 aromatic heterocycles. The molecular weight excluding hydrogens is 448 g/mol. The largest absolute Gasteiger partial charge is 0.479 e. The fourth-order valence-electron chi connectivity index (χ4n) is 5.13. The quantitative estimate of drug-likeness (QED) is 0.460. The van der Waals surface area contributed by atoms with Crippen LogP contribution in [0.4, 0.5) is 4.79 Å². The third kappa shape index (κ3) is 5.48. The lowest BCUT2D eigenvalue weighted by atomic mass is 9.78. The molecule has 0 radical (unpaired) electrons. The van der Waals surface area contributed by atoms with Gasteiger partial charge in [-0.05, 0) is 47.9 Å². The van der Waals surface area contributed by atoms with Gasteiger partial charge in [0.25, 0.3) is 0 Å². The smallest absolute Gasteiger partial charge is 0.407 e. The molecule has 0 spiro atoms. The first kappa shape index (κ1) is 24.7. The maximum atomic E-state index is 12.7. The highest BCUT2D eigenvalue weighted by Gasteiger charge is 2.35. The predicted molar refractivity (Wildman–Crippen MR) is 130 cm³/mol. The summed E-state index contributed by atoms with van der Waals surface area (Å²) in [4.78, 5) is 36.3. The number of aliphatic carboxylic acids is 1. The van der Waals surface area contributed by atoms with Crippen LogP contribution < -0.4 is 10.6 Å². The van der Waals surface area contributed by atoms with Gasteiger partial charge in [-0.2, -0.15) is 0 Å². The van der Waals surface area contributed by atoms with E-state index in [9.17, 15) is 19.5 Å². The normalized spacial score (nSPS) is 20.7. The number of nitrogens with one attached hydrogen (secondary N) is 2. The molecule has 186 valence electrons. The second kappa shape index (κ2) is 10.5. The first-order valence-corrected chi connectivity index (χ1v) is 12.1. The van der Waals surface area contributed by atoms with Crippen LogP contribution in [-0.2, 0) is 14.3 Å². The molecule has 2 aliphatic carbocycles. The molecule has 2 aliphatic rings. The lowest BCUT2D eigenvalue weighted by Crippen LogP contribution is -2.49. The van der Waals surface area contributed by atoms with Crippen LogP contribution >= 0.6 is 0 Å². The number of carboxylic acids is 1. The van der Waals surface area contributed by atoms with E-state index in [-0.39, 0.29) is 36.8 Å². The standard InChI is InChI=1S/C27H32N2O6/c1-27(34,25(31)32)16-29-24(30)18-9-3-2-8-17(18)14-28-26(33)35-15-23-21-12-6-4-10-19(21)20-11-5-7-13-22(20)23/h4-7,10-13,17-18,23,34H,2-3,8-9,14-16H2,1H3,(H,28,33)(H,29,30)(H,31,32). The van der Waals surface area contributed by atoms with E-state index >= 15 is 0 Å². The van der Waals surface area contributed by atoms with Gasteiger partial charge in [0.15, 0.2) is 5.60 Å². The monoisotopic (exact) mass is 480 g/mol. The van der Waals surface area contributed by atoms with Gasteiger partial charge in [-0.3, -0.25) is 4.79 Å². The van der Waals surface area contributed by atoms with Crippen LogP contribution in [0.5, 0.6) is 0 Å². The number of ether oxygens (including phenoxy) is 1. The fraction of sp³-hybridized carbons (Fsp3) is 0.444. The van der Waals surface area contributed by atoms with Gasteiger partial charge in [0, 0.05) is 18.4 Å². The van der Waals surface area contributed by atoms with Crippen molar-refractivity contribution in [2.75, 3.05) is 19.7 Å². The zero-order valence-corrected chi connectivity index (χ0v) is 19.8. The molecule has 4 rings (SSSR count). The van der Waals surface area contributed by atoms with E-state index in [0.717, 1.165) is 48.4 Å². The van der Waals surface area contributed by atoms with E-state index in [1.807, 2.05) is 24.3 Å². The maximum Gasteiger partial charge on any atom is 0.407 e. The molecule has 1 fully saturated rings. The van der Waals surface area contributed by atoms with Crippen LogP contribution in [0.1, 0.15) is 49.7 Å². The summed E-state index contributed by atoms with van der Waals surface area (Å²) in [6, 6.07) is 16.3. The topological polar surface area (TPSA) is 125 Å². The number of hydrogen-bond donors (Lipinski definition) is 4. The van der Waals surface area contributed by atoms with Crippen LogP contribution in [0, 0.1) is 11.8 Å². The Morgan fingerprint density at radius 1 is 0.971 bits per heavy atom. The Morgan fingerprint density at radius 2 is 1.57 bits per heavy atom. The number of alkyl carbamates (subject to hydrolysis) is 1. The Hall–Kier alpha value is -3.39. The zero-order chi connectivity index (χ0) is 25.0. The first-order valence-electron chi connectivity index (χ1n) is 12.1. The zero-order valence-electron chi connectivity index (χ0n) is 19.8. The van der Waals surface area contributed by atoms with Crippen molar-refractivity contribution in [1.82, 2.24) is 10.6 Å². The molecule has 2 aromatic carbocycles. The van der Waals surface area contributed by atoms with Crippen molar-refractivity contribution >= 4 is 18.0 Å². The summed E-state index contributed by atoms with van der Waals surface area (Å²) in [6.45, 7) is 1.29. The number of carbonyl (C=O) groups is 3. The van der Waals surface area contributed by atoms with Crippen LogP contribution in [0.15, 0.2) is 48.5 Å². The summed E-state index contributed by atoms with van der Waals surface area (Å²) < 4.78 is 5.60. The van der Waals surface area contributed by atoms with Crippen LogP contribution in [0.3, 0.4) is 0 Å². The average molecular weight is 481 g/mol. The predicted octanol–water partition coefficient (Wildman–Crippen LogP) is 3.28. The van der Waals surface area contributed by atoms with Gasteiger partial charge < -0.3 is 25.6 Å². The van der Waals surface area contributed by atoms with Gasteiger partial charge in [0.2, 0.25) is 5.91 Å². The Balaban J connectivity index is 1.31. The molecule has 8 nitrogen and oxygen atoms in total. The van der Waals surface area contributed by atoms with E-state index in [1.165, 1.54) is 0 Å². The molecule has 0 saturated heterocycles. The van der Waals surface area contributed by atoms with Gasteiger partial charge in [-0.1, -0.05) is 61.4 Å². The summed E-state index contributed by atoms with van der Waals surface area (Å²) in [5.41, 5.74) is 2.58. The number of fused-ring (bicyclic) bond motifs is 3. The number of benzene rings is 2. The van der Waals surface area contributed by atoms with Crippen molar-refractivity contribution in [3.63, 3.8) is 0 Å². The highest BCUT2D eigenvalue weighted by atomic mass is 16.5. The molecule has 2 amide bonds. The lowest BCUT2D eigenvalue weighted by Gasteiger charge is -2.31. The summed E-state index contributed by atoms with van der Waals surface area (Å²) in [7, 11) is 0. The Morgan fingerprint density at radius 3 is 2.20 bits per heavy atom. The van der Waals surface area contributed by atoms with E-state index in [4.69, 9.17) is 9.84 Å². The second-order valence-electron chi connectivity index (χ2n) is 9.65. The number of carboxylic acid groups (broad SMARTS) is 1. The van der Waals surface area contributed by atoms with Crippen molar-refractivity contribution in [2.24, 2.45) is 11.8 Å². The Labute approximate surface area is 204 Å². The molecule has 1 saturated carbocycles. The molecule has 2 aromatic rings. The Bertz CT molecular complexity index is 1050. The van der Waals surface area contributed by atoms with Crippen molar-refractivity contribution in [3.8, 4) is 11.1 Å². The molecule has 3 unspecified atom stereocenters. The van der Waals surface area contributed by atoms with Gasteiger partial charge in [0.1, 0.15) is 6.61 Å². The van der Waals surface area contributed by atoms with Gasteiger partial charge in [-0.15, -0.1) is 0 Å². The summed E-state index contributed by atoms with van der Waals surface area (Å²) >= 11 is 0. The minimum absolute atomic E-state index is 0.0246. The maximum absolute atomic E-state index is 12.7. The van der Waals surface area contributed by atoms with E-state index < -0.39 is 17.7 Å². The number of hydrogen-bond acceptors (Lipinski definition) is 5. The number of rotatable bonds is 8. The van der Waals surface area contributed by atoms with Gasteiger partial charge in [0.05, 0.1) is 6.54 Å². The highest BCUT2D eigenvalue weighted by molar-refractivity contribution is 5.82. The van der Waals surface area contributed by atoms with Crippen molar-refractivity contribution in [3.05, 3.63) is 59.7 Å². The molecular formula is C27H32N2O6. The molecule has 0 bridgehead atoms. The molecule has 0 aliphatic heterocycles. The summed E-state index contributed by atoms with van der Waals surface area (Å²) in [5.74, 6) is -2.16. The fourth-order valence-corrected chi connectivity index (χ4v) is 5.13. The SMILES string of the molecule is CC(O)(CNC(=O)C1CCCCC1CNC(=O)OCC1c2ccccc2-c2ccccc21)C(=O)O. The lowest BCUT2D eigenvalue weighted by molar-refractivity contribution is -0.156. The first-order chi connectivity index (χ1) is 16.8. The van der Waals surface area contributed by atoms with Crippen molar-refractivity contribution < 1.29 is 29.3 Å². The summed E-state index contributed by atoms with van der Waals surface area (Å²) in [5, 5.41) is 24.3. The van der Waals surface area contributed by atoms with Crippen LogP contribution in [0.25, 0.3) is 11.1 Å². The number of aliphatic hydroxyl groups is 1. The minimum atomic E-state index is -2.03. The van der Waals surface area contributed by atoms with E-state index in [0.29, 0.717) is 13.0 Å². The molecule has 4 N–H and O–H groups in total. The van der Waals surface area contributed by atoms with Crippen LogP contribution in [0.2, 0.25) is 0 Å². The molecule has 3 atom stereocenters. The third-order valence-electron chi connectivity index (χ3n) is 7.17. The van der Waals surface area contributed by atoms with E-state index in [2.05, 4.69) is 34.9 Å². The van der Waals surface area contributed by atoms with Crippen molar-refractivity contribution in [2.45, 2.75) is 44.1 Å². The van der Waals surface area contributed by atoms with Gasteiger partial charge >= 0.3 is 12.1 Å². The van der Waals surface area contributed by atoms with Gasteiger partial charge in [-0.25, -0.2) is 9.59 Å². The summed E-state index contributed by atoms with van der Waals surface area (Å²) in [6.07, 6.45) is 2.74. The van der Waals surface area contributed by atoms with Crippen molar-refractivity contribution in [1.29, 1.82) is 0 Å². The highest BCUT2D eigenvalue weighted by Crippen LogP contribution is 2.44. The molecule has 8 heteroatoms. The third-order valence-corrected chi connectivity index (χ3v) is 7.17. The minimum Gasteiger partial charge on any atom is -0.479 e. The number of amides is 2. The van der Waals surface area contributed by atoms with Crippen LogP contribution in [-0.4, -0.2) is 53.5 Å². The second-order valence-corrected chi connectivity index (χ2v) is 9.65. The Kier molecular flexibility index (Phi) is 7.40.